The molecule has 3 aromatic rings. The fourth-order valence-corrected chi connectivity index (χ4v) is 2.25. The van der Waals surface area contributed by atoms with Gasteiger partial charge in [0.25, 0.3) is 0 Å². The summed E-state index contributed by atoms with van der Waals surface area (Å²) >= 11 is 0. The molecule has 1 aliphatic rings. The topological polar surface area (TPSA) is 47.0 Å². The Hall–Kier alpha value is -2.04. The van der Waals surface area contributed by atoms with Crippen LogP contribution in [0.2, 0.25) is 0 Å². The summed E-state index contributed by atoms with van der Waals surface area (Å²) in [6.45, 7) is 5.90. The fourth-order valence-electron chi connectivity index (χ4n) is 2.25. The van der Waals surface area contributed by atoms with Gasteiger partial charge in [0, 0.05) is 13.1 Å². The largest absolute Gasteiger partial charge is 0.379 e. The highest BCUT2D eigenvalue weighted by molar-refractivity contribution is 5.86. The molecular weight excluding hydrogens is 262 g/mol. The van der Waals surface area contributed by atoms with E-state index in [1.807, 2.05) is 30.3 Å². The van der Waals surface area contributed by atoms with Crippen LogP contribution in [0.25, 0.3) is 22.1 Å². The van der Waals surface area contributed by atoms with E-state index in [9.17, 15) is 0 Å². The molecule has 0 unspecified atom stereocenters. The number of nitrogens with one attached hydrogen (secondary N) is 1. The molecule has 4 heteroatoms. The Morgan fingerprint density at radius 2 is 1.48 bits per heavy atom. The Morgan fingerprint density at radius 3 is 2.05 bits per heavy atom. The van der Waals surface area contributed by atoms with Crippen molar-refractivity contribution < 1.29 is 4.74 Å². The molecule has 2 aromatic carbocycles. The maximum atomic E-state index is 5.01. The first-order chi connectivity index (χ1) is 10.3. The molecule has 4 rings (SSSR count). The van der Waals surface area contributed by atoms with Gasteiger partial charge < -0.3 is 10.1 Å². The smallest absolute Gasteiger partial charge is 0.0897 e. The van der Waals surface area contributed by atoms with Crippen molar-refractivity contribution in [2.75, 3.05) is 26.3 Å². The average Bonchev–Trinajstić information content (AvgIpc) is 2.55. The third-order valence-corrected chi connectivity index (χ3v) is 3.34. The molecular formula is C17H19N3O. The molecule has 21 heavy (non-hydrogen) atoms. The monoisotopic (exact) mass is 281 g/mol. The van der Waals surface area contributed by atoms with Gasteiger partial charge in [-0.3, -0.25) is 0 Å². The number of ether oxygens (including phenoxy) is 1. The summed E-state index contributed by atoms with van der Waals surface area (Å²) in [5.74, 6) is 0. The minimum absolute atomic E-state index is 0.889. The van der Waals surface area contributed by atoms with Gasteiger partial charge in [-0.2, -0.15) is 0 Å². The van der Waals surface area contributed by atoms with Crippen molar-refractivity contribution in [2.24, 2.45) is 0 Å². The van der Waals surface area contributed by atoms with Crippen LogP contribution < -0.4 is 5.32 Å². The number of hydrogen-bond donors (Lipinski definition) is 1. The van der Waals surface area contributed by atoms with E-state index >= 15 is 0 Å². The Balaban J connectivity index is 0.000000186. The molecule has 0 radical (unpaired) electrons. The van der Waals surface area contributed by atoms with Crippen LogP contribution in [0.5, 0.6) is 0 Å². The van der Waals surface area contributed by atoms with E-state index in [4.69, 9.17) is 4.74 Å². The molecule has 1 saturated heterocycles. The molecule has 1 fully saturated rings. The zero-order valence-electron chi connectivity index (χ0n) is 12.2. The van der Waals surface area contributed by atoms with Crippen LogP contribution in [-0.4, -0.2) is 36.3 Å². The lowest BCUT2D eigenvalue weighted by Gasteiger charge is -2.10. The van der Waals surface area contributed by atoms with Crippen LogP contribution in [0, 0.1) is 6.92 Å². The van der Waals surface area contributed by atoms with Gasteiger partial charge in [-0.15, -0.1) is 0 Å². The van der Waals surface area contributed by atoms with Gasteiger partial charge in [-0.25, -0.2) is 9.97 Å². The van der Waals surface area contributed by atoms with Gasteiger partial charge in [-0.05, 0) is 36.8 Å². The number of benzene rings is 2. The summed E-state index contributed by atoms with van der Waals surface area (Å²) in [4.78, 5) is 9.13. The lowest BCUT2D eigenvalue weighted by Crippen LogP contribution is -2.30. The van der Waals surface area contributed by atoms with Crippen molar-refractivity contribution in [1.82, 2.24) is 15.3 Å². The molecule has 0 spiro atoms. The molecule has 0 aliphatic carbocycles. The second kappa shape index (κ2) is 6.61. The third-order valence-electron chi connectivity index (χ3n) is 3.34. The molecule has 1 aliphatic heterocycles. The second-order valence-electron chi connectivity index (χ2n) is 5.07. The molecule has 0 amide bonds. The molecule has 108 valence electrons. The number of morpholine rings is 1. The number of fused-ring (bicyclic) bond motifs is 2. The van der Waals surface area contributed by atoms with Gasteiger partial charge in [0.05, 0.1) is 35.3 Å². The van der Waals surface area contributed by atoms with E-state index in [1.165, 1.54) is 5.56 Å². The van der Waals surface area contributed by atoms with Crippen LogP contribution in [-0.2, 0) is 4.74 Å². The molecule has 4 nitrogen and oxygen atoms in total. The second-order valence-corrected chi connectivity index (χ2v) is 5.07. The van der Waals surface area contributed by atoms with Crippen LogP contribution in [0.1, 0.15) is 5.56 Å². The van der Waals surface area contributed by atoms with Gasteiger partial charge in [0.2, 0.25) is 0 Å². The van der Waals surface area contributed by atoms with Crippen molar-refractivity contribution in [3.05, 3.63) is 48.0 Å². The summed E-state index contributed by atoms with van der Waals surface area (Å²) in [7, 11) is 0. The van der Waals surface area contributed by atoms with E-state index < -0.39 is 0 Å². The van der Waals surface area contributed by atoms with Crippen molar-refractivity contribution in [2.45, 2.75) is 6.92 Å². The molecule has 0 saturated carbocycles. The zero-order valence-corrected chi connectivity index (χ0v) is 12.2. The molecule has 1 N–H and O–H groups in total. The number of nitrogens with zero attached hydrogens (tertiary/aromatic N) is 2. The van der Waals surface area contributed by atoms with Crippen molar-refractivity contribution in [3.63, 3.8) is 0 Å². The summed E-state index contributed by atoms with van der Waals surface area (Å²) in [5.41, 5.74) is 5.05. The molecule has 1 aromatic heterocycles. The Labute approximate surface area is 124 Å². The fraction of sp³-hybridized carbons (Fsp3) is 0.294. The maximum absolute atomic E-state index is 5.01. The highest BCUT2D eigenvalue weighted by Gasteiger charge is 2.00. The minimum Gasteiger partial charge on any atom is -0.379 e. The Kier molecular flexibility index (Phi) is 4.38. The lowest BCUT2D eigenvalue weighted by atomic mass is 10.2. The predicted octanol–water partition coefficient (Wildman–Crippen LogP) is 2.70. The van der Waals surface area contributed by atoms with E-state index in [1.54, 1.807) is 0 Å². The third kappa shape index (κ3) is 3.54. The van der Waals surface area contributed by atoms with Crippen molar-refractivity contribution in [1.29, 1.82) is 0 Å². The number of para-hydroxylation sites is 2. The van der Waals surface area contributed by atoms with E-state index in [2.05, 4.69) is 34.3 Å². The SMILES string of the molecule is C1COCCN1.Cc1ccc2nc3ccccc3nc2c1. The van der Waals surface area contributed by atoms with Crippen LogP contribution in [0.4, 0.5) is 0 Å². The van der Waals surface area contributed by atoms with Gasteiger partial charge in [0.1, 0.15) is 0 Å². The first-order valence-corrected chi connectivity index (χ1v) is 7.24. The first-order valence-electron chi connectivity index (χ1n) is 7.24. The first kappa shape index (κ1) is 13.9. The highest BCUT2D eigenvalue weighted by Crippen LogP contribution is 2.16. The van der Waals surface area contributed by atoms with Crippen LogP contribution in [0.15, 0.2) is 42.5 Å². The summed E-state index contributed by atoms with van der Waals surface area (Å²) < 4.78 is 5.01. The summed E-state index contributed by atoms with van der Waals surface area (Å²) in [6.07, 6.45) is 0. The lowest BCUT2D eigenvalue weighted by molar-refractivity contribution is 0.109. The van der Waals surface area contributed by atoms with E-state index in [-0.39, 0.29) is 0 Å². The number of rotatable bonds is 0. The number of aryl methyl sites for hydroxylation is 1. The minimum atomic E-state index is 0.889. The molecule has 0 atom stereocenters. The quantitative estimate of drug-likeness (QED) is 0.644. The van der Waals surface area contributed by atoms with Crippen molar-refractivity contribution >= 4 is 22.1 Å². The zero-order chi connectivity index (χ0) is 14.5. The van der Waals surface area contributed by atoms with Crippen LogP contribution >= 0.6 is 0 Å². The molecule has 0 bridgehead atoms. The van der Waals surface area contributed by atoms with Gasteiger partial charge >= 0.3 is 0 Å². The van der Waals surface area contributed by atoms with Gasteiger partial charge in [0.15, 0.2) is 0 Å². The molecule has 2 heterocycles. The Bertz CT molecular complexity index is 727. The normalized spacial score (nSPS) is 14.7. The number of aromatic nitrogens is 2. The maximum Gasteiger partial charge on any atom is 0.0897 e. The van der Waals surface area contributed by atoms with Gasteiger partial charge in [-0.1, -0.05) is 18.2 Å². The highest BCUT2D eigenvalue weighted by atomic mass is 16.5. The predicted molar refractivity (Wildman–Crippen MR) is 85.5 cm³/mol. The summed E-state index contributed by atoms with van der Waals surface area (Å²) in [5, 5.41) is 3.16. The Morgan fingerprint density at radius 1 is 0.857 bits per heavy atom. The average molecular weight is 281 g/mol. The summed E-state index contributed by atoms with van der Waals surface area (Å²) in [6, 6.07) is 14.1. The van der Waals surface area contributed by atoms with Crippen molar-refractivity contribution in [3.8, 4) is 0 Å². The number of hydrogen-bond acceptors (Lipinski definition) is 4. The standard InChI is InChI=1S/C13H10N2.C4H9NO/c1-9-6-7-12-13(8-9)15-11-5-3-2-4-10(11)14-12;1-3-6-4-2-5-1/h2-8H,1H3;5H,1-4H2. The van der Waals surface area contributed by atoms with E-state index in [0.717, 1.165) is 48.4 Å². The van der Waals surface area contributed by atoms with Crippen LogP contribution in [0.3, 0.4) is 0 Å². The van der Waals surface area contributed by atoms with E-state index in [0.29, 0.717) is 0 Å².